The Hall–Kier alpha value is -1.75. The summed E-state index contributed by atoms with van der Waals surface area (Å²) >= 11 is 0. The second-order valence-electron chi connectivity index (χ2n) is 4.63. The largest absolute Gasteiger partial charge is 0.337 e. The Bertz CT molecular complexity index is 531. The van der Waals surface area contributed by atoms with Gasteiger partial charge in [0, 0.05) is 6.20 Å². The smallest absolute Gasteiger partial charge is 0.244 e. The Morgan fingerprint density at radius 1 is 1.39 bits per heavy atom. The molecule has 0 aliphatic carbocycles. The quantitative estimate of drug-likeness (QED) is 0.877. The second-order valence-corrected chi connectivity index (χ2v) is 4.63. The van der Waals surface area contributed by atoms with Crippen LogP contribution in [0.5, 0.6) is 0 Å². The standard InChI is InChI=1S/C13H16N4O/c1-9-5-4-8-15-11(9)12-16-13(18-17-12)10-6-2-3-7-14-10/h4-5,8,10,14H,2-3,6-7H2,1H3. The van der Waals surface area contributed by atoms with Crippen LogP contribution >= 0.6 is 0 Å². The molecule has 0 spiro atoms. The Balaban J connectivity index is 1.87. The molecule has 0 amide bonds. The van der Waals surface area contributed by atoms with Gasteiger partial charge in [0.15, 0.2) is 0 Å². The minimum absolute atomic E-state index is 0.198. The van der Waals surface area contributed by atoms with E-state index < -0.39 is 0 Å². The van der Waals surface area contributed by atoms with E-state index in [4.69, 9.17) is 4.52 Å². The number of hydrogen-bond acceptors (Lipinski definition) is 5. The summed E-state index contributed by atoms with van der Waals surface area (Å²) in [5, 5.41) is 7.43. The number of piperidine rings is 1. The number of nitrogens with one attached hydrogen (secondary N) is 1. The number of rotatable bonds is 2. The highest BCUT2D eigenvalue weighted by atomic mass is 16.5. The van der Waals surface area contributed by atoms with Gasteiger partial charge in [-0.1, -0.05) is 17.6 Å². The lowest BCUT2D eigenvalue weighted by Crippen LogP contribution is -2.26. The number of aromatic nitrogens is 3. The molecule has 5 heteroatoms. The van der Waals surface area contributed by atoms with Crippen molar-refractivity contribution in [1.29, 1.82) is 0 Å². The summed E-state index contributed by atoms with van der Waals surface area (Å²) in [4.78, 5) is 8.76. The van der Waals surface area contributed by atoms with E-state index in [1.165, 1.54) is 12.8 Å². The van der Waals surface area contributed by atoms with E-state index in [-0.39, 0.29) is 6.04 Å². The zero-order valence-electron chi connectivity index (χ0n) is 10.4. The van der Waals surface area contributed by atoms with Crippen molar-refractivity contribution in [3.8, 4) is 11.5 Å². The minimum atomic E-state index is 0.198. The van der Waals surface area contributed by atoms with Crippen molar-refractivity contribution in [3.63, 3.8) is 0 Å². The number of hydrogen-bond donors (Lipinski definition) is 1. The van der Waals surface area contributed by atoms with Gasteiger partial charge in [-0.05, 0) is 37.9 Å². The average Bonchev–Trinajstić information content (AvgIpc) is 2.90. The number of pyridine rings is 1. The van der Waals surface area contributed by atoms with Gasteiger partial charge >= 0.3 is 0 Å². The van der Waals surface area contributed by atoms with E-state index in [0.29, 0.717) is 11.7 Å². The molecule has 1 atom stereocenters. The van der Waals surface area contributed by atoms with E-state index in [1.54, 1.807) is 6.20 Å². The van der Waals surface area contributed by atoms with Gasteiger partial charge in [-0.25, -0.2) is 0 Å². The SMILES string of the molecule is Cc1cccnc1-c1noc(C2CCCCN2)n1. The van der Waals surface area contributed by atoms with Crippen LogP contribution in [-0.4, -0.2) is 21.7 Å². The monoisotopic (exact) mass is 244 g/mol. The van der Waals surface area contributed by atoms with E-state index in [1.807, 2.05) is 19.1 Å². The van der Waals surface area contributed by atoms with Crippen LogP contribution in [0.25, 0.3) is 11.5 Å². The lowest BCUT2D eigenvalue weighted by molar-refractivity contribution is 0.297. The lowest BCUT2D eigenvalue weighted by atomic mass is 10.1. The van der Waals surface area contributed by atoms with E-state index in [2.05, 4.69) is 20.4 Å². The first-order valence-corrected chi connectivity index (χ1v) is 6.33. The zero-order valence-corrected chi connectivity index (χ0v) is 10.4. The van der Waals surface area contributed by atoms with Crippen LogP contribution < -0.4 is 5.32 Å². The maximum atomic E-state index is 5.35. The molecule has 0 radical (unpaired) electrons. The first kappa shape index (κ1) is 11.3. The van der Waals surface area contributed by atoms with Crippen LogP contribution in [0, 0.1) is 6.92 Å². The first-order valence-electron chi connectivity index (χ1n) is 6.33. The minimum Gasteiger partial charge on any atom is -0.337 e. The fourth-order valence-corrected chi connectivity index (χ4v) is 2.26. The molecule has 0 saturated carbocycles. The van der Waals surface area contributed by atoms with Gasteiger partial charge in [0.25, 0.3) is 0 Å². The van der Waals surface area contributed by atoms with Crippen molar-refractivity contribution in [2.45, 2.75) is 32.2 Å². The molecule has 2 aromatic heterocycles. The first-order chi connectivity index (χ1) is 8.84. The van der Waals surface area contributed by atoms with Crippen molar-refractivity contribution in [1.82, 2.24) is 20.4 Å². The third-order valence-corrected chi connectivity index (χ3v) is 3.27. The van der Waals surface area contributed by atoms with Gasteiger partial charge in [0.2, 0.25) is 11.7 Å². The number of nitrogens with zero attached hydrogens (tertiary/aromatic N) is 3. The highest BCUT2D eigenvalue weighted by molar-refractivity contribution is 5.53. The molecule has 1 unspecified atom stereocenters. The van der Waals surface area contributed by atoms with Crippen LogP contribution in [0.15, 0.2) is 22.9 Å². The molecular weight excluding hydrogens is 228 g/mol. The Kier molecular flexibility index (Phi) is 3.06. The average molecular weight is 244 g/mol. The fourth-order valence-electron chi connectivity index (χ4n) is 2.26. The Labute approximate surface area is 106 Å². The Morgan fingerprint density at radius 2 is 2.33 bits per heavy atom. The predicted molar refractivity (Wildman–Crippen MR) is 66.9 cm³/mol. The van der Waals surface area contributed by atoms with E-state index in [0.717, 1.165) is 24.2 Å². The predicted octanol–water partition coefficient (Wildman–Crippen LogP) is 2.25. The lowest BCUT2D eigenvalue weighted by Gasteiger charge is -2.19. The highest BCUT2D eigenvalue weighted by Gasteiger charge is 2.21. The molecular formula is C13H16N4O. The highest BCUT2D eigenvalue weighted by Crippen LogP contribution is 2.24. The summed E-state index contributed by atoms with van der Waals surface area (Å²) in [5.41, 5.74) is 1.85. The molecule has 18 heavy (non-hydrogen) atoms. The topological polar surface area (TPSA) is 63.8 Å². The van der Waals surface area contributed by atoms with Gasteiger partial charge in [-0.3, -0.25) is 4.98 Å². The van der Waals surface area contributed by atoms with Crippen LogP contribution in [-0.2, 0) is 0 Å². The van der Waals surface area contributed by atoms with Crippen molar-refractivity contribution >= 4 is 0 Å². The molecule has 0 aromatic carbocycles. The molecule has 1 fully saturated rings. The summed E-state index contributed by atoms with van der Waals surface area (Å²) in [6.07, 6.45) is 5.23. The molecule has 1 saturated heterocycles. The van der Waals surface area contributed by atoms with Gasteiger partial charge in [0.1, 0.15) is 5.69 Å². The maximum absolute atomic E-state index is 5.35. The van der Waals surface area contributed by atoms with E-state index >= 15 is 0 Å². The third kappa shape index (κ3) is 2.13. The maximum Gasteiger partial charge on any atom is 0.244 e. The number of aryl methyl sites for hydroxylation is 1. The zero-order chi connectivity index (χ0) is 12.4. The van der Waals surface area contributed by atoms with Crippen LogP contribution in [0.1, 0.15) is 36.8 Å². The molecule has 5 nitrogen and oxygen atoms in total. The van der Waals surface area contributed by atoms with Crippen molar-refractivity contribution in [2.24, 2.45) is 0 Å². The normalized spacial score (nSPS) is 19.9. The third-order valence-electron chi connectivity index (χ3n) is 3.27. The van der Waals surface area contributed by atoms with Crippen LogP contribution in [0.4, 0.5) is 0 Å². The summed E-state index contributed by atoms with van der Waals surface area (Å²) < 4.78 is 5.35. The van der Waals surface area contributed by atoms with Gasteiger partial charge in [-0.2, -0.15) is 4.98 Å². The molecule has 1 N–H and O–H groups in total. The van der Waals surface area contributed by atoms with Gasteiger partial charge < -0.3 is 9.84 Å². The molecule has 3 rings (SSSR count). The van der Waals surface area contributed by atoms with Crippen molar-refractivity contribution in [3.05, 3.63) is 29.8 Å². The molecule has 1 aliphatic heterocycles. The second kappa shape index (κ2) is 4.86. The molecule has 0 bridgehead atoms. The summed E-state index contributed by atoms with van der Waals surface area (Å²) in [6, 6.07) is 4.10. The molecule has 94 valence electrons. The van der Waals surface area contributed by atoms with Gasteiger partial charge in [0.05, 0.1) is 6.04 Å². The molecule has 2 aromatic rings. The van der Waals surface area contributed by atoms with Crippen LogP contribution in [0.3, 0.4) is 0 Å². The van der Waals surface area contributed by atoms with Gasteiger partial charge in [-0.15, -0.1) is 0 Å². The Morgan fingerprint density at radius 3 is 3.11 bits per heavy atom. The van der Waals surface area contributed by atoms with Crippen molar-refractivity contribution in [2.75, 3.05) is 6.54 Å². The van der Waals surface area contributed by atoms with Crippen molar-refractivity contribution < 1.29 is 4.52 Å². The fraction of sp³-hybridized carbons (Fsp3) is 0.462. The summed E-state index contributed by atoms with van der Waals surface area (Å²) in [7, 11) is 0. The summed E-state index contributed by atoms with van der Waals surface area (Å²) in [6.45, 7) is 3.02. The molecule has 3 heterocycles. The van der Waals surface area contributed by atoms with Crippen LogP contribution in [0.2, 0.25) is 0 Å². The van der Waals surface area contributed by atoms with E-state index in [9.17, 15) is 0 Å². The molecule has 1 aliphatic rings. The summed E-state index contributed by atoms with van der Waals surface area (Å²) in [5.74, 6) is 1.25.